The number of aliphatic hydroxyl groups excluding tert-OH is 1. The molecule has 2 atom stereocenters. The Morgan fingerprint density at radius 2 is 2.23 bits per heavy atom. The molecule has 116 valence electrons. The molecule has 1 fully saturated rings. The smallest absolute Gasteiger partial charge is 0.230 e. The van der Waals surface area contributed by atoms with E-state index in [-0.39, 0.29) is 17.9 Å². The maximum Gasteiger partial charge on any atom is 0.230 e. The zero-order valence-corrected chi connectivity index (χ0v) is 12.5. The minimum Gasteiger partial charge on any atom is -0.493 e. The van der Waals surface area contributed by atoms with Crippen molar-refractivity contribution in [2.24, 2.45) is 5.41 Å². The van der Waals surface area contributed by atoms with Gasteiger partial charge in [-0.15, -0.1) is 10.2 Å². The number of rotatable bonds is 3. The predicted molar refractivity (Wildman–Crippen MR) is 78.5 cm³/mol. The molecule has 22 heavy (non-hydrogen) atoms. The maximum atomic E-state index is 10.0. The minimum atomic E-state index is -0.247. The van der Waals surface area contributed by atoms with E-state index in [9.17, 15) is 5.11 Å². The maximum absolute atomic E-state index is 10.0. The van der Waals surface area contributed by atoms with Crippen LogP contribution in [0.25, 0.3) is 0 Å². The summed E-state index contributed by atoms with van der Waals surface area (Å²) >= 11 is 0. The van der Waals surface area contributed by atoms with Gasteiger partial charge < -0.3 is 14.3 Å². The van der Waals surface area contributed by atoms with Gasteiger partial charge in [-0.2, -0.15) is 0 Å². The summed E-state index contributed by atoms with van der Waals surface area (Å²) in [5, 5.41) is 18.0. The summed E-state index contributed by atoms with van der Waals surface area (Å²) in [5.41, 5.74) is 0.940. The number of aromatic nitrogens is 2. The van der Waals surface area contributed by atoms with E-state index in [2.05, 4.69) is 21.2 Å². The summed E-state index contributed by atoms with van der Waals surface area (Å²) in [6, 6.07) is 8.11. The number of fused-ring (bicyclic) bond motifs is 3. The van der Waals surface area contributed by atoms with Gasteiger partial charge in [0.05, 0.1) is 19.8 Å². The van der Waals surface area contributed by atoms with E-state index < -0.39 is 0 Å². The van der Waals surface area contributed by atoms with Crippen LogP contribution in [-0.4, -0.2) is 46.5 Å². The Morgan fingerprint density at radius 1 is 1.36 bits per heavy atom. The molecule has 0 saturated carbocycles. The zero-order valence-electron chi connectivity index (χ0n) is 12.5. The van der Waals surface area contributed by atoms with Crippen LogP contribution in [0.3, 0.4) is 0 Å². The average Bonchev–Trinajstić information content (AvgIpc) is 3.11. The second-order valence-corrected chi connectivity index (χ2v) is 6.28. The molecule has 0 amide bonds. The quantitative estimate of drug-likeness (QED) is 0.922. The summed E-state index contributed by atoms with van der Waals surface area (Å²) in [5.74, 6) is 2.41. The molecule has 1 N–H and O–H groups in total. The van der Waals surface area contributed by atoms with Crippen LogP contribution >= 0.6 is 0 Å². The molecule has 0 unspecified atom stereocenters. The monoisotopic (exact) mass is 301 g/mol. The first kappa shape index (κ1) is 13.7. The van der Waals surface area contributed by atoms with Crippen LogP contribution < -0.4 is 4.74 Å². The molecular weight excluding hydrogens is 282 g/mol. The van der Waals surface area contributed by atoms with Crippen molar-refractivity contribution in [3.63, 3.8) is 0 Å². The molecule has 0 bridgehead atoms. The number of aryl methyl sites for hydroxylation is 1. The Bertz CT molecular complexity index is 687. The number of para-hydroxylation sites is 1. The van der Waals surface area contributed by atoms with Crippen LogP contribution in [0.2, 0.25) is 0 Å². The van der Waals surface area contributed by atoms with Crippen LogP contribution in [0.4, 0.5) is 0 Å². The lowest BCUT2D eigenvalue weighted by molar-refractivity contribution is 0.0452. The van der Waals surface area contributed by atoms with E-state index in [4.69, 9.17) is 9.15 Å². The van der Waals surface area contributed by atoms with Crippen LogP contribution in [-0.2, 0) is 6.54 Å². The third-order valence-electron chi connectivity index (χ3n) is 4.77. The van der Waals surface area contributed by atoms with Crippen molar-refractivity contribution in [2.45, 2.75) is 19.4 Å². The van der Waals surface area contributed by atoms with Crippen molar-refractivity contribution in [1.82, 2.24) is 15.1 Å². The van der Waals surface area contributed by atoms with Crippen molar-refractivity contribution in [3.05, 3.63) is 41.6 Å². The number of hydrogen-bond donors (Lipinski definition) is 1. The molecule has 2 aromatic rings. The lowest BCUT2D eigenvalue weighted by Crippen LogP contribution is -2.42. The molecule has 1 aromatic heterocycles. The third kappa shape index (κ3) is 2.10. The molecule has 0 spiro atoms. The largest absolute Gasteiger partial charge is 0.493 e. The van der Waals surface area contributed by atoms with E-state index in [1.807, 2.05) is 18.2 Å². The first-order valence-electron chi connectivity index (χ1n) is 7.54. The predicted octanol–water partition coefficient (Wildman–Crippen LogP) is 1.35. The van der Waals surface area contributed by atoms with E-state index in [0.29, 0.717) is 24.9 Å². The molecule has 3 heterocycles. The number of hydrogen-bond acceptors (Lipinski definition) is 6. The Kier molecular flexibility index (Phi) is 3.16. The van der Waals surface area contributed by atoms with Gasteiger partial charge in [-0.3, -0.25) is 4.90 Å². The first-order valence-corrected chi connectivity index (χ1v) is 7.54. The van der Waals surface area contributed by atoms with E-state index in [0.717, 1.165) is 18.8 Å². The van der Waals surface area contributed by atoms with Gasteiger partial charge in [0, 0.05) is 31.3 Å². The number of aliphatic hydroxyl groups is 1. The molecule has 4 rings (SSSR count). The van der Waals surface area contributed by atoms with Crippen LogP contribution in [0, 0.1) is 12.3 Å². The van der Waals surface area contributed by atoms with Crippen molar-refractivity contribution in [2.75, 3.05) is 26.3 Å². The van der Waals surface area contributed by atoms with Gasteiger partial charge in [0.15, 0.2) is 0 Å². The van der Waals surface area contributed by atoms with E-state index in [1.165, 1.54) is 5.56 Å². The fourth-order valence-electron chi connectivity index (χ4n) is 3.69. The van der Waals surface area contributed by atoms with Gasteiger partial charge >= 0.3 is 0 Å². The Morgan fingerprint density at radius 3 is 3.00 bits per heavy atom. The number of likely N-dealkylation sites (tertiary alicyclic amines) is 1. The van der Waals surface area contributed by atoms with Gasteiger partial charge in [-0.05, 0) is 11.6 Å². The minimum absolute atomic E-state index is 0.116. The van der Waals surface area contributed by atoms with Crippen LogP contribution in [0.1, 0.15) is 23.3 Å². The Balaban J connectivity index is 1.61. The summed E-state index contributed by atoms with van der Waals surface area (Å²) in [6.45, 7) is 4.70. The average molecular weight is 301 g/mol. The second-order valence-electron chi connectivity index (χ2n) is 6.28. The molecule has 0 radical (unpaired) electrons. The lowest BCUT2D eigenvalue weighted by atomic mass is 9.74. The van der Waals surface area contributed by atoms with Gasteiger partial charge in [-0.25, -0.2) is 0 Å². The highest BCUT2D eigenvalue weighted by atomic mass is 16.5. The standard InChI is InChI=1S/C16H19N3O3/c1-11-17-18-15(22-11)7-19-6-13-12-4-2-3-5-14(12)21-10-16(13,8-19)9-20/h2-5,13,20H,6-10H2,1H3/t13-,16-/m1/s1. The topological polar surface area (TPSA) is 71.6 Å². The SMILES string of the molecule is Cc1nnc(CN2C[C@@H]3c4ccccc4OC[C@]3(CO)C2)o1. The van der Waals surface area contributed by atoms with E-state index >= 15 is 0 Å². The summed E-state index contributed by atoms with van der Waals surface area (Å²) in [4.78, 5) is 2.26. The Hall–Kier alpha value is -1.92. The molecule has 6 heteroatoms. The molecule has 2 aliphatic heterocycles. The fraction of sp³-hybridized carbons (Fsp3) is 0.500. The molecular formula is C16H19N3O3. The number of benzene rings is 1. The zero-order chi connectivity index (χ0) is 15.2. The normalized spacial score (nSPS) is 27.3. The van der Waals surface area contributed by atoms with Gasteiger partial charge in [-0.1, -0.05) is 18.2 Å². The van der Waals surface area contributed by atoms with Crippen molar-refractivity contribution < 1.29 is 14.3 Å². The molecule has 6 nitrogen and oxygen atoms in total. The van der Waals surface area contributed by atoms with Crippen molar-refractivity contribution >= 4 is 0 Å². The summed E-state index contributed by atoms with van der Waals surface area (Å²) in [6.07, 6.45) is 0. The van der Waals surface area contributed by atoms with E-state index in [1.54, 1.807) is 6.92 Å². The van der Waals surface area contributed by atoms with Crippen LogP contribution in [0.15, 0.2) is 28.7 Å². The van der Waals surface area contributed by atoms with Crippen molar-refractivity contribution in [3.8, 4) is 5.75 Å². The van der Waals surface area contributed by atoms with Gasteiger partial charge in [0.1, 0.15) is 5.75 Å². The third-order valence-corrected chi connectivity index (χ3v) is 4.77. The van der Waals surface area contributed by atoms with Gasteiger partial charge in [0.25, 0.3) is 0 Å². The number of nitrogens with zero attached hydrogens (tertiary/aromatic N) is 3. The highest BCUT2D eigenvalue weighted by Gasteiger charge is 2.50. The molecule has 1 saturated heterocycles. The van der Waals surface area contributed by atoms with Gasteiger partial charge in [0.2, 0.25) is 11.8 Å². The Labute approximate surface area is 128 Å². The molecule has 2 aliphatic rings. The number of ether oxygens (including phenoxy) is 1. The van der Waals surface area contributed by atoms with Crippen molar-refractivity contribution in [1.29, 1.82) is 0 Å². The van der Waals surface area contributed by atoms with Crippen LogP contribution in [0.5, 0.6) is 5.75 Å². The highest BCUT2D eigenvalue weighted by molar-refractivity contribution is 5.41. The first-order chi connectivity index (χ1) is 10.7. The molecule has 1 aromatic carbocycles. The lowest BCUT2D eigenvalue weighted by Gasteiger charge is -2.38. The summed E-state index contributed by atoms with van der Waals surface area (Å²) < 4.78 is 11.4. The fourth-order valence-corrected chi connectivity index (χ4v) is 3.69. The molecule has 0 aliphatic carbocycles. The summed E-state index contributed by atoms with van der Waals surface area (Å²) in [7, 11) is 0. The highest BCUT2D eigenvalue weighted by Crippen LogP contribution is 2.49. The second kappa shape index (κ2) is 5.07.